The lowest BCUT2D eigenvalue weighted by Crippen LogP contribution is -2.20. The van der Waals surface area contributed by atoms with Crippen LogP contribution in [0.5, 0.6) is 5.75 Å². The van der Waals surface area contributed by atoms with E-state index in [4.69, 9.17) is 4.74 Å². The maximum atomic E-state index is 12.9. The largest absolute Gasteiger partial charge is 0.492 e. The molecule has 1 aromatic carbocycles. The highest BCUT2D eigenvalue weighted by atomic mass is 19.1. The van der Waals surface area contributed by atoms with Crippen molar-refractivity contribution in [3.8, 4) is 5.75 Å². The van der Waals surface area contributed by atoms with Gasteiger partial charge in [-0.3, -0.25) is 0 Å². The lowest BCUT2D eigenvalue weighted by Gasteiger charge is -2.11. The average molecular weight is 181 g/mol. The first-order valence-electron chi connectivity index (χ1n) is 4.43. The van der Waals surface area contributed by atoms with Gasteiger partial charge in [0, 0.05) is 18.2 Å². The molecular formula is C10H12FNO. The summed E-state index contributed by atoms with van der Waals surface area (Å²) in [6.45, 7) is 3.45. The van der Waals surface area contributed by atoms with Gasteiger partial charge in [-0.2, -0.15) is 0 Å². The standard InChI is InChI=1S/C10H12FNO/c1-7-9-6-8(11)2-3-10(9)13-5-4-12-7/h2-3,6-7,12H,4-5H2,1H3. The van der Waals surface area contributed by atoms with E-state index in [0.717, 1.165) is 17.9 Å². The molecule has 3 heteroatoms. The van der Waals surface area contributed by atoms with E-state index in [1.54, 1.807) is 6.07 Å². The van der Waals surface area contributed by atoms with Crippen molar-refractivity contribution in [3.63, 3.8) is 0 Å². The third kappa shape index (κ3) is 1.65. The molecule has 0 saturated carbocycles. The fraction of sp³-hybridized carbons (Fsp3) is 0.400. The molecule has 1 N–H and O–H groups in total. The lowest BCUT2D eigenvalue weighted by molar-refractivity contribution is 0.324. The summed E-state index contributed by atoms with van der Waals surface area (Å²) in [4.78, 5) is 0. The van der Waals surface area contributed by atoms with Crippen molar-refractivity contribution in [2.45, 2.75) is 13.0 Å². The molecule has 70 valence electrons. The summed E-state index contributed by atoms with van der Waals surface area (Å²) < 4.78 is 18.4. The van der Waals surface area contributed by atoms with Crippen molar-refractivity contribution in [2.75, 3.05) is 13.2 Å². The quantitative estimate of drug-likeness (QED) is 0.659. The van der Waals surface area contributed by atoms with Crippen LogP contribution in [0.3, 0.4) is 0 Å². The van der Waals surface area contributed by atoms with Crippen molar-refractivity contribution >= 4 is 0 Å². The van der Waals surface area contributed by atoms with E-state index in [0.29, 0.717) is 6.61 Å². The lowest BCUT2D eigenvalue weighted by atomic mass is 10.1. The molecule has 0 bridgehead atoms. The maximum Gasteiger partial charge on any atom is 0.124 e. The first-order chi connectivity index (χ1) is 6.27. The number of nitrogens with one attached hydrogen (secondary N) is 1. The second kappa shape index (κ2) is 3.34. The van der Waals surface area contributed by atoms with Gasteiger partial charge in [0.25, 0.3) is 0 Å². The van der Waals surface area contributed by atoms with Gasteiger partial charge in [-0.1, -0.05) is 0 Å². The van der Waals surface area contributed by atoms with E-state index < -0.39 is 0 Å². The molecule has 0 amide bonds. The predicted molar refractivity (Wildman–Crippen MR) is 48.3 cm³/mol. The monoisotopic (exact) mass is 181 g/mol. The van der Waals surface area contributed by atoms with Crippen LogP contribution in [0.2, 0.25) is 0 Å². The minimum Gasteiger partial charge on any atom is -0.492 e. The first kappa shape index (κ1) is 8.51. The Morgan fingerprint density at radius 1 is 1.54 bits per heavy atom. The summed E-state index contributed by atoms with van der Waals surface area (Å²) in [5, 5.41) is 3.24. The molecule has 0 saturated heterocycles. The molecule has 0 spiro atoms. The number of halogens is 1. The van der Waals surface area contributed by atoms with E-state index in [1.165, 1.54) is 12.1 Å². The fourth-order valence-corrected chi connectivity index (χ4v) is 1.54. The van der Waals surface area contributed by atoms with Crippen LogP contribution in [-0.2, 0) is 0 Å². The number of ether oxygens (including phenoxy) is 1. The van der Waals surface area contributed by atoms with Crippen LogP contribution in [-0.4, -0.2) is 13.2 Å². The predicted octanol–water partition coefficient (Wildman–Crippen LogP) is 1.87. The highest BCUT2D eigenvalue weighted by molar-refractivity contribution is 5.36. The van der Waals surface area contributed by atoms with Crippen molar-refractivity contribution < 1.29 is 9.13 Å². The topological polar surface area (TPSA) is 21.3 Å². The van der Waals surface area contributed by atoms with Crippen molar-refractivity contribution in [1.29, 1.82) is 0 Å². The van der Waals surface area contributed by atoms with E-state index in [-0.39, 0.29) is 11.9 Å². The van der Waals surface area contributed by atoms with E-state index >= 15 is 0 Å². The second-order valence-corrected chi connectivity index (χ2v) is 3.21. The van der Waals surface area contributed by atoms with Gasteiger partial charge in [-0.25, -0.2) is 4.39 Å². The Labute approximate surface area is 76.7 Å². The van der Waals surface area contributed by atoms with Gasteiger partial charge in [-0.05, 0) is 25.1 Å². The molecule has 0 fully saturated rings. The smallest absolute Gasteiger partial charge is 0.124 e. The van der Waals surface area contributed by atoms with Crippen molar-refractivity contribution in [3.05, 3.63) is 29.6 Å². The van der Waals surface area contributed by atoms with Gasteiger partial charge in [0.05, 0.1) is 0 Å². The number of fused-ring (bicyclic) bond motifs is 1. The molecule has 0 aromatic heterocycles. The molecule has 2 nitrogen and oxygen atoms in total. The van der Waals surface area contributed by atoms with E-state index in [2.05, 4.69) is 5.32 Å². The van der Waals surface area contributed by atoms with Crippen LogP contribution in [0.1, 0.15) is 18.5 Å². The summed E-state index contributed by atoms with van der Waals surface area (Å²) in [5.74, 6) is 0.580. The number of hydrogen-bond acceptors (Lipinski definition) is 2. The zero-order valence-corrected chi connectivity index (χ0v) is 7.51. The second-order valence-electron chi connectivity index (χ2n) is 3.21. The summed E-state index contributed by atoms with van der Waals surface area (Å²) in [7, 11) is 0. The summed E-state index contributed by atoms with van der Waals surface area (Å²) in [6.07, 6.45) is 0. The maximum absolute atomic E-state index is 12.9. The highest BCUT2D eigenvalue weighted by Crippen LogP contribution is 2.27. The number of benzene rings is 1. The Morgan fingerprint density at radius 3 is 3.23 bits per heavy atom. The molecule has 1 aromatic rings. The van der Waals surface area contributed by atoms with E-state index in [1.807, 2.05) is 6.92 Å². The molecule has 0 aliphatic carbocycles. The van der Waals surface area contributed by atoms with Crippen LogP contribution >= 0.6 is 0 Å². The van der Waals surface area contributed by atoms with Gasteiger partial charge >= 0.3 is 0 Å². The summed E-state index contributed by atoms with van der Waals surface area (Å²) in [5.41, 5.74) is 0.900. The fourth-order valence-electron chi connectivity index (χ4n) is 1.54. The van der Waals surface area contributed by atoms with Gasteiger partial charge in [0.15, 0.2) is 0 Å². The zero-order chi connectivity index (χ0) is 9.26. The van der Waals surface area contributed by atoms with Crippen molar-refractivity contribution in [1.82, 2.24) is 5.32 Å². The van der Waals surface area contributed by atoms with Gasteiger partial charge in [0.1, 0.15) is 18.2 Å². The molecule has 1 aliphatic heterocycles. The highest BCUT2D eigenvalue weighted by Gasteiger charge is 2.15. The van der Waals surface area contributed by atoms with Gasteiger partial charge in [-0.15, -0.1) is 0 Å². The van der Waals surface area contributed by atoms with Gasteiger partial charge in [0.2, 0.25) is 0 Å². The van der Waals surface area contributed by atoms with E-state index in [9.17, 15) is 4.39 Å². The Morgan fingerprint density at radius 2 is 2.38 bits per heavy atom. The number of hydrogen-bond donors (Lipinski definition) is 1. The SMILES string of the molecule is CC1NCCOc2ccc(F)cc21. The minimum atomic E-state index is -0.210. The molecule has 1 heterocycles. The van der Waals surface area contributed by atoms with Crippen LogP contribution in [0, 0.1) is 5.82 Å². The van der Waals surface area contributed by atoms with Crippen LogP contribution in [0.4, 0.5) is 4.39 Å². The summed E-state index contributed by atoms with van der Waals surface area (Å²) in [6, 6.07) is 4.80. The van der Waals surface area contributed by atoms with Crippen LogP contribution in [0.25, 0.3) is 0 Å². The third-order valence-corrected chi connectivity index (χ3v) is 2.25. The Hall–Kier alpha value is -1.09. The molecule has 2 rings (SSSR count). The Bertz CT molecular complexity index is 314. The van der Waals surface area contributed by atoms with Gasteiger partial charge < -0.3 is 10.1 Å². The zero-order valence-electron chi connectivity index (χ0n) is 7.51. The average Bonchev–Trinajstić information content (AvgIpc) is 2.29. The third-order valence-electron chi connectivity index (χ3n) is 2.25. The Kier molecular flexibility index (Phi) is 2.19. The minimum absolute atomic E-state index is 0.160. The molecule has 0 radical (unpaired) electrons. The van der Waals surface area contributed by atoms with Crippen LogP contribution in [0.15, 0.2) is 18.2 Å². The molecular weight excluding hydrogens is 169 g/mol. The molecule has 1 atom stereocenters. The summed E-state index contributed by atoms with van der Waals surface area (Å²) >= 11 is 0. The number of rotatable bonds is 0. The Balaban J connectivity index is 2.43. The molecule has 13 heavy (non-hydrogen) atoms. The molecule has 1 aliphatic rings. The normalized spacial score (nSPS) is 21.5. The molecule has 1 unspecified atom stereocenters. The first-order valence-corrected chi connectivity index (χ1v) is 4.43. The van der Waals surface area contributed by atoms with Crippen LogP contribution < -0.4 is 10.1 Å². The van der Waals surface area contributed by atoms with Crippen molar-refractivity contribution in [2.24, 2.45) is 0 Å².